The molecule has 0 spiro atoms. The number of aromatic nitrogens is 1. The Balaban J connectivity index is 1.33. The van der Waals surface area contributed by atoms with Gasteiger partial charge < -0.3 is 9.80 Å². The van der Waals surface area contributed by atoms with Crippen molar-refractivity contribution < 1.29 is 4.79 Å². The van der Waals surface area contributed by atoms with Crippen molar-refractivity contribution in [2.24, 2.45) is 5.92 Å². The topological polar surface area (TPSA) is 36.4 Å². The number of amides is 1. The zero-order valence-corrected chi connectivity index (χ0v) is 19.3. The molecule has 5 rings (SSSR count). The SMILES string of the molecule is O=C(N(Cc1cccnc1)CC1CCCN(C2CCCCC2)C1)C1(c2ccccc2)CC1. The Morgan fingerprint density at radius 3 is 2.53 bits per heavy atom. The summed E-state index contributed by atoms with van der Waals surface area (Å²) < 4.78 is 0. The maximum atomic E-state index is 14.0. The van der Waals surface area contributed by atoms with Gasteiger partial charge in [-0.1, -0.05) is 55.7 Å². The summed E-state index contributed by atoms with van der Waals surface area (Å²) in [5.41, 5.74) is 2.01. The minimum absolute atomic E-state index is 0.304. The quantitative estimate of drug-likeness (QED) is 0.606. The molecule has 1 unspecified atom stereocenters. The van der Waals surface area contributed by atoms with Crippen molar-refractivity contribution in [1.29, 1.82) is 0 Å². The molecule has 3 fully saturated rings. The lowest BCUT2D eigenvalue weighted by Crippen LogP contribution is -2.48. The molecule has 1 saturated heterocycles. The number of likely N-dealkylation sites (tertiary alicyclic amines) is 1. The second-order valence-electron chi connectivity index (χ2n) is 10.3. The molecule has 0 radical (unpaired) electrons. The van der Waals surface area contributed by atoms with Gasteiger partial charge in [0, 0.05) is 38.1 Å². The first-order valence-electron chi connectivity index (χ1n) is 12.7. The minimum atomic E-state index is -0.304. The maximum absolute atomic E-state index is 14.0. The van der Waals surface area contributed by atoms with E-state index in [0.717, 1.165) is 37.5 Å². The Morgan fingerprint density at radius 2 is 1.81 bits per heavy atom. The molecule has 170 valence electrons. The van der Waals surface area contributed by atoms with Crippen LogP contribution in [0.5, 0.6) is 0 Å². The normalized spacial score (nSPS) is 23.6. The van der Waals surface area contributed by atoms with Crippen LogP contribution in [0.2, 0.25) is 0 Å². The van der Waals surface area contributed by atoms with E-state index in [0.29, 0.717) is 18.4 Å². The average molecular weight is 432 g/mol. The molecule has 32 heavy (non-hydrogen) atoms. The number of pyridine rings is 1. The van der Waals surface area contributed by atoms with E-state index >= 15 is 0 Å². The van der Waals surface area contributed by atoms with Crippen LogP contribution >= 0.6 is 0 Å². The van der Waals surface area contributed by atoms with Crippen LogP contribution in [-0.2, 0) is 16.8 Å². The summed E-state index contributed by atoms with van der Waals surface area (Å²) >= 11 is 0. The molecular weight excluding hydrogens is 394 g/mol. The number of nitrogens with zero attached hydrogens (tertiary/aromatic N) is 3. The zero-order chi connectivity index (χ0) is 21.8. The van der Waals surface area contributed by atoms with Gasteiger partial charge in [0.2, 0.25) is 5.91 Å². The van der Waals surface area contributed by atoms with Gasteiger partial charge in [-0.25, -0.2) is 0 Å². The molecule has 2 aliphatic carbocycles. The van der Waals surface area contributed by atoms with Crippen molar-refractivity contribution >= 4 is 5.91 Å². The molecule has 2 aromatic rings. The van der Waals surface area contributed by atoms with Crippen LogP contribution in [0.3, 0.4) is 0 Å². The summed E-state index contributed by atoms with van der Waals surface area (Å²) in [5.74, 6) is 0.889. The first kappa shape index (κ1) is 21.6. The summed E-state index contributed by atoms with van der Waals surface area (Å²) in [5, 5.41) is 0. The fourth-order valence-corrected chi connectivity index (χ4v) is 6.08. The maximum Gasteiger partial charge on any atom is 0.233 e. The van der Waals surface area contributed by atoms with Crippen molar-refractivity contribution in [3.8, 4) is 0 Å². The molecule has 1 atom stereocenters. The van der Waals surface area contributed by atoms with Gasteiger partial charge in [0.05, 0.1) is 5.41 Å². The van der Waals surface area contributed by atoms with Crippen LogP contribution in [0.4, 0.5) is 0 Å². The van der Waals surface area contributed by atoms with Gasteiger partial charge >= 0.3 is 0 Å². The molecular formula is C28H37N3O. The van der Waals surface area contributed by atoms with Gasteiger partial charge in [-0.05, 0) is 68.2 Å². The molecule has 4 nitrogen and oxygen atoms in total. The highest BCUT2D eigenvalue weighted by atomic mass is 16.2. The standard InChI is InChI=1S/C28H37N3O/c32-27(28(15-16-28)25-11-3-1-4-12-25)31(20-23-9-7-17-29-19-23)22-24-10-8-18-30(21-24)26-13-5-2-6-14-26/h1,3-4,7,9,11-12,17,19,24,26H,2,5-6,8,10,13-16,18,20-22H2. The van der Waals surface area contributed by atoms with Crippen molar-refractivity contribution in [3.05, 3.63) is 66.0 Å². The van der Waals surface area contributed by atoms with E-state index in [1.807, 2.05) is 24.5 Å². The highest BCUT2D eigenvalue weighted by Crippen LogP contribution is 2.50. The fraction of sp³-hybridized carbons (Fsp3) is 0.571. The third-order valence-electron chi connectivity index (χ3n) is 7.99. The first-order chi connectivity index (χ1) is 15.7. The summed E-state index contributed by atoms with van der Waals surface area (Å²) in [7, 11) is 0. The Morgan fingerprint density at radius 1 is 1.00 bits per heavy atom. The zero-order valence-electron chi connectivity index (χ0n) is 19.3. The second kappa shape index (κ2) is 9.74. The lowest BCUT2D eigenvalue weighted by Gasteiger charge is -2.41. The fourth-order valence-electron chi connectivity index (χ4n) is 6.08. The van der Waals surface area contributed by atoms with E-state index in [-0.39, 0.29) is 5.41 Å². The van der Waals surface area contributed by atoms with Crippen molar-refractivity contribution in [3.63, 3.8) is 0 Å². The monoisotopic (exact) mass is 431 g/mol. The number of benzene rings is 1. The van der Waals surface area contributed by atoms with Gasteiger partial charge in [0.25, 0.3) is 0 Å². The number of carbonyl (C=O) groups is 1. The number of piperidine rings is 1. The first-order valence-corrected chi connectivity index (χ1v) is 12.7. The minimum Gasteiger partial charge on any atom is -0.337 e. The molecule has 3 aliphatic rings. The molecule has 1 aromatic carbocycles. The van der Waals surface area contributed by atoms with Crippen molar-refractivity contribution in [2.75, 3.05) is 19.6 Å². The van der Waals surface area contributed by atoms with Crippen LogP contribution in [0.1, 0.15) is 68.9 Å². The largest absolute Gasteiger partial charge is 0.337 e. The molecule has 1 aromatic heterocycles. The predicted molar refractivity (Wildman–Crippen MR) is 128 cm³/mol. The summed E-state index contributed by atoms with van der Waals surface area (Å²) in [6.45, 7) is 3.93. The lowest BCUT2D eigenvalue weighted by atomic mass is 9.89. The second-order valence-corrected chi connectivity index (χ2v) is 10.3. The number of hydrogen-bond donors (Lipinski definition) is 0. The van der Waals surface area contributed by atoms with E-state index in [4.69, 9.17) is 0 Å². The number of carbonyl (C=O) groups excluding carboxylic acids is 1. The van der Waals surface area contributed by atoms with Crippen molar-refractivity contribution in [1.82, 2.24) is 14.8 Å². The summed E-state index contributed by atoms with van der Waals surface area (Å²) in [4.78, 5) is 23.2. The van der Waals surface area contributed by atoms with Crippen LogP contribution in [0.25, 0.3) is 0 Å². The van der Waals surface area contributed by atoms with Gasteiger partial charge in [-0.3, -0.25) is 9.78 Å². The van der Waals surface area contributed by atoms with Gasteiger partial charge in [-0.15, -0.1) is 0 Å². The highest BCUT2D eigenvalue weighted by Gasteiger charge is 2.53. The molecule has 4 heteroatoms. The summed E-state index contributed by atoms with van der Waals surface area (Å²) in [6, 6.07) is 15.3. The van der Waals surface area contributed by atoms with Gasteiger partial charge in [0.1, 0.15) is 0 Å². The molecule has 0 N–H and O–H groups in total. The smallest absolute Gasteiger partial charge is 0.233 e. The van der Waals surface area contributed by atoms with E-state index in [2.05, 4.69) is 45.1 Å². The molecule has 2 heterocycles. The van der Waals surface area contributed by atoms with Crippen LogP contribution in [0.15, 0.2) is 54.9 Å². The Bertz CT molecular complexity index is 874. The van der Waals surface area contributed by atoms with Crippen molar-refractivity contribution in [2.45, 2.75) is 75.8 Å². The number of hydrogen-bond acceptors (Lipinski definition) is 3. The van der Waals surface area contributed by atoms with Gasteiger partial charge in [0.15, 0.2) is 0 Å². The molecule has 0 bridgehead atoms. The Kier molecular flexibility index (Phi) is 6.59. The van der Waals surface area contributed by atoms with Crippen LogP contribution < -0.4 is 0 Å². The highest BCUT2D eigenvalue weighted by molar-refractivity contribution is 5.91. The van der Waals surface area contributed by atoms with E-state index < -0.39 is 0 Å². The van der Waals surface area contributed by atoms with Crippen LogP contribution in [0, 0.1) is 5.92 Å². The van der Waals surface area contributed by atoms with E-state index in [1.54, 1.807) is 0 Å². The third kappa shape index (κ3) is 4.76. The average Bonchev–Trinajstić information content (AvgIpc) is 3.67. The molecule has 2 saturated carbocycles. The van der Waals surface area contributed by atoms with E-state index in [1.165, 1.54) is 57.1 Å². The molecule has 1 aliphatic heterocycles. The summed E-state index contributed by atoms with van der Waals surface area (Å²) in [6.07, 6.45) is 15.1. The third-order valence-corrected chi connectivity index (χ3v) is 7.99. The lowest BCUT2D eigenvalue weighted by molar-refractivity contribution is -0.135. The Labute approximate surface area is 193 Å². The van der Waals surface area contributed by atoms with Gasteiger partial charge in [-0.2, -0.15) is 0 Å². The predicted octanol–water partition coefficient (Wildman–Crippen LogP) is 5.19. The molecule has 1 amide bonds. The van der Waals surface area contributed by atoms with E-state index in [9.17, 15) is 4.79 Å². The van der Waals surface area contributed by atoms with Crippen LogP contribution in [-0.4, -0.2) is 46.4 Å². The Hall–Kier alpha value is -2.20. The number of rotatable bonds is 7.